The van der Waals surface area contributed by atoms with Gasteiger partial charge in [0.25, 0.3) is 5.89 Å². The monoisotopic (exact) mass is 388 g/mol. The van der Waals surface area contributed by atoms with Crippen LogP contribution >= 0.6 is 15.9 Å². The summed E-state index contributed by atoms with van der Waals surface area (Å²) in [6.45, 7) is 0.0601. The Hall–Kier alpha value is -2.67. The Kier molecular flexibility index (Phi) is 4.90. The molecule has 0 fully saturated rings. The highest BCUT2D eigenvalue weighted by atomic mass is 79.9. The number of hydrogen-bond acceptors (Lipinski definition) is 6. The third-order valence-electron chi connectivity index (χ3n) is 3.27. The molecule has 0 amide bonds. The van der Waals surface area contributed by atoms with Crippen molar-refractivity contribution in [3.8, 4) is 22.9 Å². The van der Waals surface area contributed by atoms with Crippen molar-refractivity contribution < 1.29 is 18.8 Å². The van der Waals surface area contributed by atoms with E-state index in [0.29, 0.717) is 28.8 Å². The van der Waals surface area contributed by atoms with Crippen LogP contribution in [0.1, 0.15) is 16.2 Å². The fourth-order valence-electron chi connectivity index (χ4n) is 2.13. The zero-order chi connectivity index (χ0) is 16.9. The van der Waals surface area contributed by atoms with Gasteiger partial charge in [-0.2, -0.15) is 4.98 Å². The Morgan fingerprint density at radius 2 is 2.04 bits per heavy atom. The average Bonchev–Trinajstić information content (AvgIpc) is 3.09. The summed E-state index contributed by atoms with van der Waals surface area (Å²) in [5.41, 5.74) is 1.17. The van der Waals surface area contributed by atoms with E-state index in [-0.39, 0.29) is 6.61 Å². The first kappa shape index (κ1) is 16.2. The van der Waals surface area contributed by atoms with Crippen molar-refractivity contribution in [1.82, 2.24) is 10.1 Å². The summed E-state index contributed by atoms with van der Waals surface area (Å²) >= 11 is 3.31. The van der Waals surface area contributed by atoms with Crippen LogP contribution in [-0.2, 0) is 6.61 Å². The number of ether oxygens (including phenoxy) is 2. The molecule has 2 aromatic carbocycles. The van der Waals surface area contributed by atoms with Crippen LogP contribution < -0.4 is 9.47 Å². The smallest absolute Gasteiger partial charge is 0.264 e. The van der Waals surface area contributed by atoms with Gasteiger partial charge in [-0.25, -0.2) is 0 Å². The average molecular weight is 389 g/mol. The van der Waals surface area contributed by atoms with Gasteiger partial charge in [0, 0.05) is 4.47 Å². The quantitative estimate of drug-likeness (QED) is 0.596. The Bertz CT molecular complexity index is 863. The summed E-state index contributed by atoms with van der Waals surface area (Å²) in [4.78, 5) is 15.4. The first-order valence-corrected chi connectivity index (χ1v) is 7.84. The van der Waals surface area contributed by atoms with Crippen LogP contribution in [-0.4, -0.2) is 23.5 Å². The molecule has 0 unspecified atom stereocenters. The van der Waals surface area contributed by atoms with E-state index in [1.807, 2.05) is 24.3 Å². The Morgan fingerprint density at radius 1 is 1.21 bits per heavy atom. The maximum absolute atomic E-state index is 11.1. The van der Waals surface area contributed by atoms with Crippen molar-refractivity contribution in [2.24, 2.45) is 0 Å². The van der Waals surface area contributed by atoms with E-state index in [9.17, 15) is 4.79 Å². The summed E-state index contributed by atoms with van der Waals surface area (Å²) in [7, 11) is 1.58. The molecular weight excluding hydrogens is 376 g/mol. The highest BCUT2D eigenvalue weighted by Crippen LogP contribution is 2.27. The second-order valence-corrected chi connectivity index (χ2v) is 5.72. The third kappa shape index (κ3) is 3.46. The number of rotatable bonds is 6. The second-order valence-electron chi connectivity index (χ2n) is 4.80. The van der Waals surface area contributed by atoms with Crippen molar-refractivity contribution in [3.63, 3.8) is 0 Å². The number of carbonyl (C=O) groups excluding carboxylic acids is 1. The number of aromatic nitrogens is 2. The molecule has 6 nitrogen and oxygen atoms in total. The lowest BCUT2D eigenvalue weighted by molar-refractivity contribution is 0.111. The number of benzene rings is 2. The van der Waals surface area contributed by atoms with Gasteiger partial charge in [-0.05, 0) is 30.3 Å². The molecule has 3 aromatic rings. The molecular formula is C17H13BrN2O4. The molecule has 1 heterocycles. The molecule has 0 saturated heterocycles. The number of aldehydes is 1. The van der Waals surface area contributed by atoms with Gasteiger partial charge in [-0.1, -0.05) is 33.2 Å². The van der Waals surface area contributed by atoms with Crippen molar-refractivity contribution >= 4 is 22.2 Å². The van der Waals surface area contributed by atoms with Gasteiger partial charge in [0.1, 0.15) is 11.5 Å². The molecule has 7 heteroatoms. The van der Waals surface area contributed by atoms with Crippen LogP contribution in [0, 0.1) is 0 Å². The Morgan fingerprint density at radius 3 is 2.83 bits per heavy atom. The predicted molar refractivity (Wildman–Crippen MR) is 90.1 cm³/mol. The van der Waals surface area contributed by atoms with E-state index < -0.39 is 0 Å². The SMILES string of the molecule is COc1ccccc1-c1noc(COc2ccc(Br)cc2C=O)n1. The minimum atomic E-state index is 0.0601. The highest BCUT2D eigenvalue weighted by molar-refractivity contribution is 9.10. The summed E-state index contributed by atoms with van der Waals surface area (Å²) in [5, 5.41) is 3.94. The third-order valence-corrected chi connectivity index (χ3v) is 3.76. The maximum atomic E-state index is 11.1. The molecule has 0 bridgehead atoms. The largest absolute Gasteiger partial charge is 0.496 e. The van der Waals surface area contributed by atoms with Gasteiger partial charge < -0.3 is 14.0 Å². The second kappa shape index (κ2) is 7.27. The standard InChI is InChI=1S/C17H13BrN2O4/c1-22-15-5-3-2-4-13(15)17-19-16(24-20-17)10-23-14-7-6-12(18)8-11(14)9-21/h2-9H,10H2,1H3. The Labute approximate surface area is 146 Å². The number of carbonyl (C=O) groups is 1. The summed E-state index contributed by atoms with van der Waals surface area (Å²) in [6, 6.07) is 12.6. The van der Waals surface area contributed by atoms with Gasteiger partial charge in [0.15, 0.2) is 12.9 Å². The van der Waals surface area contributed by atoms with E-state index in [4.69, 9.17) is 14.0 Å². The minimum absolute atomic E-state index is 0.0601. The van der Waals surface area contributed by atoms with Crippen LogP contribution in [0.5, 0.6) is 11.5 Å². The molecule has 0 atom stereocenters. The van der Waals surface area contributed by atoms with Crippen LogP contribution in [0.25, 0.3) is 11.4 Å². The molecule has 0 N–H and O–H groups in total. The summed E-state index contributed by atoms with van der Waals surface area (Å²) in [5.74, 6) is 1.82. The zero-order valence-electron chi connectivity index (χ0n) is 12.7. The molecule has 0 aliphatic heterocycles. The summed E-state index contributed by atoms with van der Waals surface area (Å²) in [6.07, 6.45) is 0.730. The molecule has 0 radical (unpaired) electrons. The zero-order valence-corrected chi connectivity index (χ0v) is 14.3. The van der Waals surface area contributed by atoms with Crippen molar-refractivity contribution in [2.75, 3.05) is 7.11 Å². The van der Waals surface area contributed by atoms with Gasteiger partial charge >= 0.3 is 0 Å². The van der Waals surface area contributed by atoms with Gasteiger partial charge in [0.05, 0.1) is 18.2 Å². The number of nitrogens with zero attached hydrogens (tertiary/aromatic N) is 2. The van der Waals surface area contributed by atoms with Crippen LogP contribution in [0.4, 0.5) is 0 Å². The molecule has 3 rings (SSSR count). The van der Waals surface area contributed by atoms with Crippen LogP contribution in [0.3, 0.4) is 0 Å². The van der Waals surface area contributed by atoms with E-state index in [1.165, 1.54) is 0 Å². The molecule has 0 saturated carbocycles. The molecule has 24 heavy (non-hydrogen) atoms. The minimum Gasteiger partial charge on any atom is -0.496 e. The van der Waals surface area contributed by atoms with Crippen LogP contribution in [0.15, 0.2) is 51.5 Å². The lowest BCUT2D eigenvalue weighted by atomic mass is 10.2. The number of para-hydroxylation sites is 1. The first-order valence-electron chi connectivity index (χ1n) is 7.04. The molecule has 122 valence electrons. The molecule has 0 spiro atoms. The van der Waals surface area contributed by atoms with E-state index >= 15 is 0 Å². The molecule has 1 aromatic heterocycles. The van der Waals surface area contributed by atoms with Crippen molar-refractivity contribution in [1.29, 1.82) is 0 Å². The van der Waals surface area contributed by atoms with E-state index in [1.54, 1.807) is 25.3 Å². The van der Waals surface area contributed by atoms with Gasteiger partial charge in [-0.15, -0.1) is 0 Å². The van der Waals surface area contributed by atoms with Gasteiger partial charge in [-0.3, -0.25) is 4.79 Å². The lowest BCUT2D eigenvalue weighted by Crippen LogP contribution is -1.98. The van der Waals surface area contributed by atoms with E-state index in [0.717, 1.165) is 16.3 Å². The topological polar surface area (TPSA) is 74.5 Å². The highest BCUT2D eigenvalue weighted by Gasteiger charge is 2.13. The number of hydrogen-bond donors (Lipinski definition) is 0. The first-order chi connectivity index (χ1) is 11.7. The van der Waals surface area contributed by atoms with Crippen molar-refractivity contribution in [2.45, 2.75) is 6.61 Å². The van der Waals surface area contributed by atoms with Gasteiger partial charge in [0.2, 0.25) is 5.82 Å². The number of halogens is 1. The lowest BCUT2D eigenvalue weighted by Gasteiger charge is -2.06. The maximum Gasteiger partial charge on any atom is 0.264 e. The van der Waals surface area contributed by atoms with E-state index in [2.05, 4.69) is 26.1 Å². The molecule has 0 aliphatic carbocycles. The fourth-order valence-corrected chi connectivity index (χ4v) is 2.51. The van der Waals surface area contributed by atoms with Crippen molar-refractivity contribution in [3.05, 3.63) is 58.4 Å². The number of methoxy groups -OCH3 is 1. The normalized spacial score (nSPS) is 10.4. The predicted octanol–water partition coefficient (Wildman–Crippen LogP) is 3.90. The fraction of sp³-hybridized carbons (Fsp3) is 0.118. The van der Waals surface area contributed by atoms with Crippen LogP contribution in [0.2, 0.25) is 0 Å². The Balaban J connectivity index is 1.76. The summed E-state index contributed by atoms with van der Waals surface area (Å²) < 4.78 is 16.9. The molecule has 0 aliphatic rings.